The molecule has 6 heteroatoms. The molecule has 1 saturated heterocycles. The van der Waals surface area contributed by atoms with Gasteiger partial charge in [-0.05, 0) is 48.2 Å². The minimum Gasteiger partial charge on any atom is -0.504 e. The lowest BCUT2D eigenvalue weighted by Crippen LogP contribution is -2.20. The molecule has 0 aliphatic carbocycles. The lowest BCUT2D eigenvalue weighted by atomic mass is 9.85. The van der Waals surface area contributed by atoms with Gasteiger partial charge in [-0.3, -0.25) is 4.79 Å². The van der Waals surface area contributed by atoms with Gasteiger partial charge in [0.2, 0.25) is 0 Å². The Bertz CT molecular complexity index is 816. The molecule has 1 unspecified atom stereocenters. The standard InChI is InChI=1S/C21H24O6/c1-24-18-6-4-14(10-17(18)22)9-16-15(12-27-21(16)23)8-13-5-7-19(25-2)20(11-13)26-3/h4-7,10-11,15-16,22H,8-9,12H2,1-3H3/t15?,16-/m1/s1. The van der Waals surface area contributed by atoms with E-state index in [1.165, 1.54) is 7.11 Å². The topological polar surface area (TPSA) is 74.2 Å². The molecule has 6 nitrogen and oxygen atoms in total. The van der Waals surface area contributed by atoms with E-state index in [0.717, 1.165) is 11.1 Å². The van der Waals surface area contributed by atoms with E-state index < -0.39 is 0 Å². The van der Waals surface area contributed by atoms with E-state index in [1.54, 1.807) is 26.4 Å². The van der Waals surface area contributed by atoms with Crippen molar-refractivity contribution in [2.45, 2.75) is 12.8 Å². The summed E-state index contributed by atoms with van der Waals surface area (Å²) in [6.45, 7) is 0.389. The number of phenols is 1. The van der Waals surface area contributed by atoms with E-state index in [4.69, 9.17) is 18.9 Å². The first kappa shape index (κ1) is 18.9. The predicted molar refractivity (Wildman–Crippen MR) is 99.6 cm³/mol. The Morgan fingerprint density at radius 3 is 2.19 bits per heavy atom. The monoisotopic (exact) mass is 372 g/mol. The van der Waals surface area contributed by atoms with Crippen LogP contribution >= 0.6 is 0 Å². The smallest absolute Gasteiger partial charge is 0.309 e. The summed E-state index contributed by atoms with van der Waals surface area (Å²) >= 11 is 0. The summed E-state index contributed by atoms with van der Waals surface area (Å²) in [6.07, 6.45) is 1.20. The number of rotatable bonds is 7. The van der Waals surface area contributed by atoms with Crippen molar-refractivity contribution in [3.8, 4) is 23.0 Å². The molecule has 0 bridgehead atoms. The average Bonchev–Trinajstić information content (AvgIpc) is 3.01. The molecule has 0 radical (unpaired) electrons. The van der Waals surface area contributed by atoms with Crippen LogP contribution in [0.3, 0.4) is 0 Å². The molecule has 3 rings (SSSR count). The molecule has 144 valence electrons. The van der Waals surface area contributed by atoms with Crippen LogP contribution in [-0.4, -0.2) is 39.0 Å². The summed E-state index contributed by atoms with van der Waals surface area (Å²) in [4.78, 5) is 12.3. The van der Waals surface area contributed by atoms with Gasteiger partial charge in [-0.15, -0.1) is 0 Å². The number of phenolic OH excluding ortho intramolecular Hbond substituents is 1. The third-order valence-corrected chi connectivity index (χ3v) is 4.96. The maximum absolute atomic E-state index is 12.3. The summed E-state index contributed by atoms with van der Waals surface area (Å²) in [7, 11) is 4.70. The number of cyclic esters (lactones) is 1. The van der Waals surface area contributed by atoms with Crippen molar-refractivity contribution in [1.82, 2.24) is 0 Å². The van der Waals surface area contributed by atoms with Crippen molar-refractivity contribution in [2.24, 2.45) is 11.8 Å². The third kappa shape index (κ3) is 4.10. The molecule has 0 saturated carbocycles. The second-order valence-electron chi connectivity index (χ2n) is 6.60. The maximum Gasteiger partial charge on any atom is 0.309 e. The lowest BCUT2D eigenvalue weighted by Gasteiger charge is -2.17. The van der Waals surface area contributed by atoms with Gasteiger partial charge in [-0.2, -0.15) is 0 Å². The highest BCUT2D eigenvalue weighted by Crippen LogP contribution is 2.34. The van der Waals surface area contributed by atoms with E-state index >= 15 is 0 Å². The second kappa shape index (κ2) is 8.20. The number of carbonyl (C=O) groups is 1. The zero-order valence-electron chi connectivity index (χ0n) is 15.7. The van der Waals surface area contributed by atoms with Crippen molar-refractivity contribution in [2.75, 3.05) is 27.9 Å². The molecule has 0 amide bonds. The minimum absolute atomic E-state index is 0.0554. The van der Waals surface area contributed by atoms with Gasteiger partial charge in [0.15, 0.2) is 23.0 Å². The van der Waals surface area contributed by atoms with Crippen molar-refractivity contribution in [1.29, 1.82) is 0 Å². The maximum atomic E-state index is 12.3. The van der Waals surface area contributed by atoms with Gasteiger partial charge in [-0.1, -0.05) is 12.1 Å². The van der Waals surface area contributed by atoms with Crippen LogP contribution in [0.4, 0.5) is 0 Å². The van der Waals surface area contributed by atoms with Gasteiger partial charge in [0.1, 0.15) is 0 Å². The fraction of sp³-hybridized carbons (Fsp3) is 0.381. The summed E-state index contributed by atoms with van der Waals surface area (Å²) in [5.74, 6) is 1.41. The van der Waals surface area contributed by atoms with Crippen molar-refractivity contribution in [3.05, 3.63) is 47.5 Å². The summed E-state index contributed by atoms with van der Waals surface area (Å²) < 4.78 is 21.0. The molecule has 1 N–H and O–H groups in total. The number of methoxy groups -OCH3 is 3. The van der Waals surface area contributed by atoms with E-state index in [-0.39, 0.29) is 23.6 Å². The summed E-state index contributed by atoms with van der Waals surface area (Å²) in [5, 5.41) is 9.97. The minimum atomic E-state index is -0.258. The van der Waals surface area contributed by atoms with Crippen LogP contribution in [0.5, 0.6) is 23.0 Å². The normalized spacial score (nSPS) is 18.9. The number of hydrogen-bond acceptors (Lipinski definition) is 6. The van der Waals surface area contributed by atoms with E-state index in [9.17, 15) is 9.90 Å². The van der Waals surface area contributed by atoms with Gasteiger partial charge >= 0.3 is 5.97 Å². The van der Waals surface area contributed by atoms with Gasteiger partial charge in [-0.25, -0.2) is 0 Å². The zero-order chi connectivity index (χ0) is 19.4. The predicted octanol–water partition coefficient (Wildman–Crippen LogP) is 2.99. The number of carbonyl (C=O) groups excluding carboxylic acids is 1. The fourth-order valence-electron chi connectivity index (χ4n) is 3.48. The molecule has 1 fully saturated rings. The van der Waals surface area contributed by atoms with E-state index in [1.807, 2.05) is 24.3 Å². The highest BCUT2D eigenvalue weighted by molar-refractivity contribution is 5.75. The molecular weight excluding hydrogens is 348 g/mol. The fourth-order valence-corrected chi connectivity index (χ4v) is 3.48. The zero-order valence-corrected chi connectivity index (χ0v) is 15.7. The number of hydrogen-bond donors (Lipinski definition) is 1. The Labute approximate surface area is 158 Å². The van der Waals surface area contributed by atoms with Gasteiger partial charge in [0.25, 0.3) is 0 Å². The quantitative estimate of drug-likeness (QED) is 0.753. The number of aromatic hydroxyl groups is 1. The highest BCUT2D eigenvalue weighted by Gasteiger charge is 2.37. The van der Waals surface area contributed by atoms with E-state index in [0.29, 0.717) is 36.7 Å². The van der Waals surface area contributed by atoms with Crippen LogP contribution in [0.2, 0.25) is 0 Å². The van der Waals surface area contributed by atoms with Crippen LogP contribution in [0.1, 0.15) is 11.1 Å². The Balaban J connectivity index is 1.75. The first-order valence-corrected chi connectivity index (χ1v) is 8.79. The molecule has 2 aromatic carbocycles. The summed E-state index contributed by atoms with van der Waals surface area (Å²) in [6, 6.07) is 11.0. The molecule has 1 aliphatic rings. The molecule has 0 spiro atoms. The van der Waals surface area contributed by atoms with Gasteiger partial charge in [0.05, 0.1) is 33.9 Å². The van der Waals surface area contributed by atoms with Crippen molar-refractivity contribution < 1.29 is 28.8 Å². The van der Waals surface area contributed by atoms with Crippen molar-refractivity contribution in [3.63, 3.8) is 0 Å². The van der Waals surface area contributed by atoms with E-state index in [2.05, 4.69) is 0 Å². The van der Waals surface area contributed by atoms with Crippen LogP contribution in [0.25, 0.3) is 0 Å². The van der Waals surface area contributed by atoms with Crippen LogP contribution < -0.4 is 14.2 Å². The Morgan fingerprint density at radius 1 is 0.926 bits per heavy atom. The molecule has 2 atom stereocenters. The average molecular weight is 372 g/mol. The summed E-state index contributed by atoms with van der Waals surface area (Å²) in [5.41, 5.74) is 1.92. The van der Waals surface area contributed by atoms with Gasteiger partial charge in [0, 0.05) is 5.92 Å². The first-order chi connectivity index (χ1) is 13.0. The van der Waals surface area contributed by atoms with Crippen molar-refractivity contribution >= 4 is 5.97 Å². The first-order valence-electron chi connectivity index (χ1n) is 8.79. The second-order valence-corrected chi connectivity index (χ2v) is 6.60. The molecule has 0 aromatic heterocycles. The van der Waals surface area contributed by atoms with Crippen LogP contribution in [-0.2, 0) is 22.4 Å². The molecule has 1 aliphatic heterocycles. The largest absolute Gasteiger partial charge is 0.504 e. The Kier molecular flexibility index (Phi) is 5.74. The number of ether oxygens (including phenoxy) is 4. The third-order valence-electron chi connectivity index (χ3n) is 4.96. The molecule has 27 heavy (non-hydrogen) atoms. The number of benzene rings is 2. The molecule has 2 aromatic rings. The van der Waals surface area contributed by atoms with Crippen LogP contribution in [0, 0.1) is 11.8 Å². The SMILES string of the molecule is COc1ccc(C[C@H]2C(=O)OCC2Cc2ccc(OC)c(OC)c2)cc1O. The lowest BCUT2D eigenvalue weighted by molar-refractivity contribution is -0.141. The highest BCUT2D eigenvalue weighted by atomic mass is 16.5. The van der Waals surface area contributed by atoms with Gasteiger partial charge < -0.3 is 24.1 Å². The molecular formula is C21H24O6. The molecule has 1 heterocycles. The Hall–Kier alpha value is -2.89. The Morgan fingerprint density at radius 2 is 1.56 bits per heavy atom. The number of esters is 1. The van der Waals surface area contributed by atoms with Crippen LogP contribution in [0.15, 0.2) is 36.4 Å².